The number of hydrogen-bond acceptors (Lipinski definition) is 4. The van der Waals surface area contributed by atoms with Gasteiger partial charge in [0.1, 0.15) is 10.9 Å². The molecule has 2 rings (SSSR count). The van der Waals surface area contributed by atoms with E-state index in [1.54, 1.807) is 26.0 Å². The van der Waals surface area contributed by atoms with Crippen molar-refractivity contribution in [1.82, 2.24) is 9.97 Å². The first-order chi connectivity index (χ1) is 8.06. The lowest BCUT2D eigenvalue weighted by atomic mass is 10.2. The lowest BCUT2D eigenvalue weighted by Crippen LogP contribution is -2.14. The highest BCUT2D eigenvalue weighted by Gasteiger charge is 2.13. The zero-order chi connectivity index (χ0) is 12.4. The Morgan fingerprint density at radius 3 is 2.76 bits per heavy atom. The molecule has 1 N–H and O–H groups in total. The van der Waals surface area contributed by atoms with Crippen LogP contribution in [0.1, 0.15) is 21.8 Å². The van der Waals surface area contributed by atoms with Crippen LogP contribution in [-0.4, -0.2) is 15.9 Å². The number of furan rings is 1. The van der Waals surface area contributed by atoms with Gasteiger partial charge in [0, 0.05) is 5.69 Å². The molecule has 0 saturated heterocycles. The number of nitrogens with zero attached hydrogens (tertiary/aromatic N) is 2. The minimum atomic E-state index is -0.321. The monoisotopic (exact) mass is 251 g/mol. The van der Waals surface area contributed by atoms with Crippen LogP contribution in [0.15, 0.2) is 22.8 Å². The maximum Gasteiger partial charge on any atom is 0.261 e. The van der Waals surface area contributed by atoms with Crippen molar-refractivity contribution in [3.8, 4) is 0 Å². The van der Waals surface area contributed by atoms with E-state index in [1.165, 1.54) is 6.26 Å². The summed E-state index contributed by atoms with van der Waals surface area (Å²) in [6, 6.07) is 3.20. The maximum atomic E-state index is 11.8. The van der Waals surface area contributed by atoms with Crippen LogP contribution in [0.3, 0.4) is 0 Å². The number of anilines is 1. The van der Waals surface area contributed by atoms with E-state index in [0.717, 1.165) is 0 Å². The molecule has 2 heterocycles. The summed E-state index contributed by atoms with van der Waals surface area (Å²) in [5.74, 6) is 0.403. The number of aromatic nitrogens is 2. The third kappa shape index (κ3) is 2.62. The molecule has 88 valence electrons. The summed E-state index contributed by atoms with van der Waals surface area (Å²) in [5.41, 5.74) is 1.13. The fraction of sp³-hybridized carbons (Fsp3) is 0.182. The van der Waals surface area contributed by atoms with Gasteiger partial charge in [-0.15, -0.1) is 0 Å². The molecule has 0 atom stereocenters. The number of hydrogen-bond donors (Lipinski definition) is 1. The van der Waals surface area contributed by atoms with Gasteiger partial charge < -0.3 is 4.42 Å². The van der Waals surface area contributed by atoms with Crippen LogP contribution in [0, 0.1) is 13.8 Å². The summed E-state index contributed by atoms with van der Waals surface area (Å²) in [7, 11) is 0. The van der Waals surface area contributed by atoms with Crippen molar-refractivity contribution in [2.45, 2.75) is 13.8 Å². The average molecular weight is 252 g/mol. The third-order valence-corrected chi connectivity index (χ3v) is 2.35. The van der Waals surface area contributed by atoms with Gasteiger partial charge in [-0.25, -0.2) is 9.97 Å². The Labute approximate surface area is 103 Å². The predicted molar refractivity (Wildman–Crippen MR) is 63.2 cm³/mol. The third-order valence-electron chi connectivity index (χ3n) is 2.15. The second kappa shape index (κ2) is 4.55. The minimum Gasteiger partial charge on any atom is -0.469 e. The molecule has 1 amide bonds. The number of halogens is 1. The summed E-state index contributed by atoms with van der Waals surface area (Å²) in [6.07, 6.45) is 1.45. The standard InChI is InChI=1S/C11H10ClN3O2/c1-6-5-9(12)14-11(13-6)15-10(16)8-3-4-17-7(8)2/h3-5H,1-2H3,(H,13,14,15,16). The molecule has 17 heavy (non-hydrogen) atoms. The van der Waals surface area contributed by atoms with Gasteiger partial charge >= 0.3 is 0 Å². The fourth-order valence-electron chi connectivity index (χ4n) is 1.38. The van der Waals surface area contributed by atoms with E-state index in [-0.39, 0.29) is 17.0 Å². The molecule has 0 saturated carbocycles. The van der Waals surface area contributed by atoms with Gasteiger partial charge in [0.2, 0.25) is 5.95 Å². The number of aryl methyl sites for hydroxylation is 2. The number of amides is 1. The molecule has 0 aliphatic heterocycles. The molecule has 0 bridgehead atoms. The Balaban J connectivity index is 2.21. The van der Waals surface area contributed by atoms with E-state index in [9.17, 15) is 4.79 Å². The normalized spacial score (nSPS) is 10.3. The van der Waals surface area contributed by atoms with E-state index in [4.69, 9.17) is 16.0 Å². The van der Waals surface area contributed by atoms with Crippen molar-refractivity contribution in [2.24, 2.45) is 0 Å². The molecule has 2 aromatic rings. The topological polar surface area (TPSA) is 68.0 Å². The van der Waals surface area contributed by atoms with E-state index in [1.807, 2.05) is 0 Å². The molecule has 0 radical (unpaired) electrons. The maximum absolute atomic E-state index is 11.8. The number of nitrogens with one attached hydrogen (secondary N) is 1. The summed E-state index contributed by atoms with van der Waals surface area (Å²) < 4.78 is 5.04. The lowest BCUT2D eigenvalue weighted by Gasteiger charge is -2.03. The molecule has 5 nitrogen and oxygen atoms in total. The zero-order valence-electron chi connectivity index (χ0n) is 9.32. The first kappa shape index (κ1) is 11.6. The van der Waals surface area contributed by atoms with Gasteiger partial charge in [-0.2, -0.15) is 0 Å². The highest BCUT2D eigenvalue weighted by molar-refractivity contribution is 6.29. The first-order valence-electron chi connectivity index (χ1n) is 4.93. The average Bonchev–Trinajstić information content (AvgIpc) is 2.62. The molecule has 0 spiro atoms. The van der Waals surface area contributed by atoms with Crippen molar-refractivity contribution in [3.63, 3.8) is 0 Å². The van der Waals surface area contributed by atoms with Gasteiger partial charge in [0.25, 0.3) is 5.91 Å². The van der Waals surface area contributed by atoms with Gasteiger partial charge in [-0.1, -0.05) is 11.6 Å². The van der Waals surface area contributed by atoms with Crippen molar-refractivity contribution >= 4 is 23.5 Å². The molecular weight excluding hydrogens is 242 g/mol. The second-order valence-corrected chi connectivity index (χ2v) is 3.89. The number of carbonyl (C=O) groups is 1. The molecule has 0 unspecified atom stereocenters. The molecule has 0 aliphatic carbocycles. The van der Waals surface area contributed by atoms with Crippen molar-refractivity contribution in [2.75, 3.05) is 5.32 Å². The largest absolute Gasteiger partial charge is 0.469 e. The van der Waals surface area contributed by atoms with Crippen molar-refractivity contribution in [1.29, 1.82) is 0 Å². The fourth-order valence-corrected chi connectivity index (χ4v) is 1.61. The van der Waals surface area contributed by atoms with Gasteiger partial charge in [-0.3, -0.25) is 10.1 Å². The van der Waals surface area contributed by atoms with Crippen LogP contribution >= 0.6 is 11.6 Å². The number of rotatable bonds is 2. The van der Waals surface area contributed by atoms with Crippen LogP contribution in [-0.2, 0) is 0 Å². The quantitative estimate of drug-likeness (QED) is 0.833. The van der Waals surface area contributed by atoms with Crippen molar-refractivity contribution in [3.05, 3.63) is 40.6 Å². The molecule has 6 heteroatoms. The Kier molecular flexibility index (Phi) is 3.10. The summed E-state index contributed by atoms with van der Waals surface area (Å²) in [4.78, 5) is 19.8. The predicted octanol–water partition coefficient (Wildman–Crippen LogP) is 2.59. The number of carbonyl (C=O) groups excluding carboxylic acids is 1. The van der Waals surface area contributed by atoms with Gasteiger partial charge in [-0.05, 0) is 26.0 Å². The molecule has 0 fully saturated rings. The van der Waals surface area contributed by atoms with Crippen molar-refractivity contribution < 1.29 is 9.21 Å². The summed E-state index contributed by atoms with van der Waals surface area (Å²) in [5, 5.41) is 2.85. The zero-order valence-corrected chi connectivity index (χ0v) is 10.1. The van der Waals surface area contributed by atoms with E-state index < -0.39 is 0 Å². The van der Waals surface area contributed by atoms with Crippen LogP contribution < -0.4 is 5.32 Å². The van der Waals surface area contributed by atoms with Gasteiger partial charge in [0.15, 0.2) is 0 Å². The smallest absolute Gasteiger partial charge is 0.261 e. The minimum absolute atomic E-state index is 0.181. The highest BCUT2D eigenvalue weighted by Crippen LogP contribution is 2.13. The van der Waals surface area contributed by atoms with Crippen LogP contribution in [0.25, 0.3) is 0 Å². The first-order valence-corrected chi connectivity index (χ1v) is 5.30. The van der Waals surface area contributed by atoms with Gasteiger partial charge in [0.05, 0.1) is 11.8 Å². The Morgan fingerprint density at radius 1 is 1.41 bits per heavy atom. The van der Waals surface area contributed by atoms with E-state index >= 15 is 0 Å². The van der Waals surface area contributed by atoms with E-state index in [2.05, 4.69) is 15.3 Å². The summed E-state index contributed by atoms with van der Waals surface area (Å²) >= 11 is 5.77. The Morgan fingerprint density at radius 2 is 2.18 bits per heavy atom. The summed E-state index contributed by atoms with van der Waals surface area (Å²) in [6.45, 7) is 3.48. The van der Waals surface area contributed by atoms with Crippen LogP contribution in [0.4, 0.5) is 5.95 Å². The molecule has 0 aromatic carbocycles. The van der Waals surface area contributed by atoms with Crippen LogP contribution in [0.5, 0.6) is 0 Å². The van der Waals surface area contributed by atoms with E-state index in [0.29, 0.717) is 17.0 Å². The molecular formula is C11H10ClN3O2. The Hall–Kier alpha value is -1.88. The molecule has 2 aromatic heterocycles. The molecule has 0 aliphatic rings. The second-order valence-electron chi connectivity index (χ2n) is 3.50. The SMILES string of the molecule is Cc1cc(Cl)nc(NC(=O)c2ccoc2C)n1. The highest BCUT2D eigenvalue weighted by atomic mass is 35.5. The van der Waals surface area contributed by atoms with Crippen LogP contribution in [0.2, 0.25) is 5.15 Å². The Bertz CT molecular complexity index is 545. The lowest BCUT2D eigenvalue weighted by molar-refractivity contribution is 0.102.